The quantitative estimate of drug-likeness (QED) is 0.801. The minimum absolute atomic E-state index is 0.114. The van der Waals surface area contributed by atoms with Crippen molar-refractivity contribution < 1.29 is 22.7 Å². The van der Waals surface area contributed by atoms with Crippen molar-refractivity contribution in [1.29, 1.82) is 0 Å². The molecule has 1 aromatic rings. The van der Waals surface area contributed by atoms with Crippen LogP contribution in [0.1, 0.15) is 36.0 Å². The molecule has 1 saturated heterocycles. The monoisotopic (exact) mass is 302 g/mol. The summed E-state index contributed by atoms with van der Waals surface area (Å²) in [5, 5.41) is 0. The summed E-state index contributed by atoms with van der Waals surface area (Å²) in [5.74, 6) is 0.295. The number of anilines is 1. The van der Waals surface area contributed by atoms with Gasteiger partial charge in [0.1, 0.15) is 5.82 Å². The number of rotatable bonds is 4. The van der Waals surface area contributed by atoms with E-state index in [2.05, 4.69) is 9.72 Å². The van der Waals surface area contributed by atoms with Gasteiger partial charge in [-0.2, -0.15) is 18.2 Å². The van der Waals surface area contributed by atoms with Gasteiger partial charge < -0.3 is 9.64 Å². The Labute approximate surface area is 120 Å². The first-order chi connectivity index (χ1) is 9.99. The van der Waals surface area contributed by atoms with Crippen molar-refractivity contribution in [3.05, 3.63) is 17.7 Å². The van der Waals surface area contributed by atoms with Crippen LogP contribution in [0.25, 0.3) is 0 Å². The van der Waals surface area contributed by atoms with E-state index in [-0.39, 0.29) is 5.88 Å². The molecule has 1 aliphatic heterocycles. The fourth-order valence-corrected chi connectivity index (χ4v) is 2.31. The highest BCUT2D eigenvalue weighted by Crippen LogP contribution is 2.25. The molecule has 7 heteroatoms. The molecule has 0 saturated carbocycles. The average Bonchev–Trinajstić information content (AvgIpc) is 2.73. The summed E-state index contributed by atoms with van der Waals surface area (Å²) in [7, 11) is 0. The van der Waals surface area contributed by atoms with Crippen LogP contribution in [0.5, 0.6) is 5.88 Å². The fraction of sp³-hybridized carbons (Fsp3) is 0.571. The molecule has 0 radical (unpaired) electrons. The smallest absolute Gasteiger partial charge is 0.422 e. The van der Waals surface area contributed by atoms with Crippen molar-refractivity contribution in [1.82, 2.24) is 4.98 Å². The Morgan fingerprint density at radius 3 is 2.43 bits per heavy atom. The lowest BCUT2D eigenvalue weighted by Crippen LogP contribution is -2.26. The maximum absolute atomic E-state index is 12.2. The van der Waals surface area contributed by atoms with Crippen LogP contribution in [0.2, 0.25) is 0 Å². The number of alkyl halides is 3. The third kappa shape index (κ3) is 4.61. The molecule has 21 heavy (non-hydrogen) atoms. The summed E-state index contributed by atoms with van der Waals surface area (Å²) in [6.07, 6.45) is 0.435. The van der Waals surface area contributed by atoms with Gasteiger partial charge in [0, 0.05) is 19.2 Å². The van der Waals surface area contributed by atoms with E-state index in [1.165, 1.54) is 12.1 Å². The Morgan fingerprint density at radius 2 is 1.86 bits per heavy atom. The van der Waals surface area contributed by atoms with Crippen molar-refractivity contribution in [3.8, 4) is 5.88 Å². The van der Waals surface area contributed by atoms with E-state index in [0.717, 1.165) is 38.8 Å². The summed E-state index contributed by atoms with van der Waals surface area (Å²) >= 11 is 0. The summed E-state index contributed by atoms with van der Waals surface area (Å²) in [6, 6.07) is 2.74. The molecule has 1 aromatic heterocycles. The first-order valence-electron chi connectivity index (χ1n) is 6.90. The minimum atomic E-state index is -4.41. The maximum Gasteiger partial charge on any atom is 0.422 e. The van der Waals surface area contributed by atoms with Crippen LogP contribution in [0.3, 0.4) is 0 Å². The minimum Gasteiger partial charge on any atom is -0.468 e. The van der Waals surface area contributed by atoms with Crippen molar-refractivity contribution in [2.75, 3.05) is 24.6 Å². The normalized spacial score (nSPS) is 16.4. The Hall–Kier alpha value is -1.79. The molecule has 1 fully saturated rings. The number of halogens is 3. The number of pyridine rings is 1. The van der Waals surface area contributed by atoms with E-state index in [9.17, 15) is 18.0 Å². The van der Waals surface area contributed by atoms with E-state index < -0.39 is 12.8 Å². The number of nitrogens with zero attached hydrogens (tertiary/aromatic N) is 2. The number of carbonyl (C=O) groups excluding carboxylic acids is 1. The molecular weight excluding hydrogens is 285 g/mol. The van der Waals surface area contributed by atoms with Crippen LogP contribution in [0.4, 0.5) is 19.0 Å². The topological polar surface area (TPSA) is 42.4 Å². The second-order valence-electron chi connectivity index (χ2n) is 4.99. The Balaban J connectivity index is 2.18. The van der Waals surface area contributed by atoms with Crippen LogP contribution in [-0.2, 0) is 0 Å². The second-order valence-corrected chi connectivity index (χ2v) is 4.99. The van der Waals surface area contributed by atoms with Gasteiger partial charge in [-0.3, -0.25) is 4.79 Å². The molecule has 116 valence electrons. The first-order valence-corrected chi connectivity index (χ1v) is 6.90. The van der Waals surface area contributed by atoms with Gasteiger partial charge in [-0.25, -0.2) is 0 Å². The van der Waals surface area contributed by atoms with Crippen LogP contribution in [-0.4, -0.2) is 37.1 Å². The predicted molar refractivity (Wildman–Crippen MR) is 71.9 cm³/mol. The number of carbonyl (C=O) groups is 1. The molecule has 0 spiro atoms. The van der Waals surface area contributed by atoms with E-state index >= 15 is 0 Å². The van der Waals surface area contributed by atoms with Crippen molar-refractivity contribution in [2.24, 2.45) is 0 Å². The summed E-state index contributed by atoms with van der Waals surface area (Å²) in [5.41, 5.74) is 0.372. The molecule has 0 N–H and O–H groups in total. The number of aldehydes is 1. The van der Waals surface area contributed by atoms with Crippen LogP contribution >= 0.6 is 0 Å². The van der Waals surface area contributed by atoms with Crippen LogP contribution in [0.15, 0.2) is 12.1 Å². The Bertz CT molecular complexity index is 484. The molecule has 4 nitrogen and oxygen atoms in total. The van der Waals surface area contributed by atoms with Gasteiger partial charge in [-0.15, -0.1) is 0 Å². The Morgan fingerprint density at radius 1 is 1.19 bits per heavy atom. The highest BCUT2D eigenvalue weighted by atomic mass is 19.4. The largest absolute Gasteiger partial charge is 0.468 e. The molecule has 0 atom stereocenters. The standard InChI is InChI=1S/C14H17F3N2O2/c15-14(16,17)10-21-12-6-5-11(9-20)13(18-12)19-7-3-1-2-4-8-19/h5-6,9H,1-4,7-8,10H2. The van der Waals surface area contributed by atoms with Crippen LogP contribution in [0, 0.1) is 0 Å². The third-order valence-corrected chi connectivity index (χ3v) is 3.30. The van der Waals surface area contributed by atoms with Gasteiger partial charge in [0.05, 0.1) is 5.56 Å². The first kappa shape index (κ1) is 15.6. The van der Waals surface area contributed by atoms with Crippen molar-refractivity contribution in [2.45, 2.75) is 31.9 Å². The average molecular weight is 302 g/mol. The van der Waals surface area contributed by atoms with Crippen molar-refractivity contribution >= 4 is 12.1 Å². The summed E-state index contributed by atoms with van der Waals surface area (Å²) in [4.78, 5) is 17.1. The van der Waals surface area contributed by atoms with E-state index in [1.807, 2.05) is 4.90 Å². The third-order valence-electron chi connectivity index (χ3n) is 3.30. The molecule has 2 heterocycles. The number of hydrogen-bond acceptors (Lipinski definition) is 4. The van der Waals surface area contributed by atoms with Gasteiger partial charge in [0.25, 0.3) is 0 Å². The zero-order chi connectivity index (χ0) is 15.3. The van der Waals surface area contributed by atoms with E-state index in [4.69, 9.17) is 0 Å². The van der Waals surface area contributed by atoms with E-state index in [1.54, 1.807) is 0 Å². The van der Waals surface area contributed by atoms with Gasteiger partial charge in [-0.05, 0) is 18.9 Å². The van der Waals surface area contributed by atoms with Gasteiger partial charge in [0.2, 0.25) is 5.88 Å². The zero-order valence-corrected chi connectivity index (χ0v) is 11.5. The van der Waals surface area contributed by atoms with Gasteiger partial charge in [-0.1, -0.05) is 12.8 Å². The lowest BCUT2D eigenvalue weighted by molar-refractivity contribution is -0.154. The molecule has 0 unspecified atom stereocenters. The highest BCUT2D eigenvalue weighted by Gasteiger charge is 2.29. The van der Waals surface area contributed by atoms with Gasteiger partial charge >= 0.3 is 6.18 Å². The fourth-order valence-electron chi connectivity index (χ4n) is 2.31. The predicted octanol–water partition coefficient (Wildman–Crippen LogP) is 3.22. The molecule has 0 amide bonds. The molecular formula is C14H17F3N2O2. The molecule has 0 bridgehead atoms. The second kappa shape index (κ2) is 6.78. The molecule has 0 aliphatic carbocycles. The zero-order valence-electron chi connectivity index (χ0n) is 11.5. The summed E-state index contributed by atoms with van der Waals surface area (Å²) < 4.78 is 41.2. The molecule has 0 aromatic carbocycles. The Kier molecular flexibility index (Phi) is 5.03. The lowest BCUT2D eigenvalue weighted by Gasteiger charge is -2.23. The molecule has 1 aliphatic rings. The maximum atomic E-state index is 12.2. The summed E-state index contributed by atoms with van der Waals surface area (Å²) in [6.45, 7) is 0.104. The number of aromatic nitrogens is 1. The van der Waals surface area contributed by atoms with Gasteiger partial charge in [0.15, 0.2) is 12.9 Å². The number of ether oxygens (including phenoxy) is 1. The van der Waals surface area contributed by atoms with Crippen LogP contribution < -0.4 is 9.64 Å². The molecule has 2 rings (SSSR count). The highest BCUT2D eigenvalue weighted by molar-refractivity contribution is 5.83. The lowest BCUT2D eigenvalue weighted by atomic mass is 10.2. The SMILES string of the molecule is O=Cc1ccc(OCC(F)(F)F)nc1N1CCCCCC1. The number of hydrogen-bond donors (Lipinski definition) is 0. The van der Waals surface area contributed by atoms with E-state index in [0.29, 0.717) is 17.7 Å². The van der Waals surface area contributed by atoms with Crippen molar-refractivity contribution in [3.63, 3.8) is 0 Å².